The lowest BCUT2D eigenvalue weighted by atomic mass is 10.2. The zero-order valence-corrected chi connectivity index (χ0v) is 13.4. The quantitative estimate of drug-likeness (QED) is 0.807. The van der Waals surface area contributed by atoms with Crippen LogP contribution in [0.4, 0.5) is 0 Å². The first-order chi connectivity index (χ1) is 9.40. The molecule has 20 heavy (non-hydrogen) atoms. The molecule has 1 aromatic heterocycles. The monoisotopic (exact) mass is 299 g/mol. The van der Waals surface area contributed by atoms with E-state index in [2.05, 4.69) is 18.8 Å². The Kier molecular flexibility index (Phi) is 4.86. The highest BCUT2D eigenvalue weighted by Crippen LogP contribution is 2.24. The van der Waals surface area contributed by atoms with Gasteiger partial charge < -0.3 is 4.57 Å². The average molecular weight is 299 g/mol. The molecule has 114 valence electrons. The van der Waals surface area contributed by atoms with Crippen LogP contribution < -0.4 is 0 Å². The number of aryl methyl sites for hydroxylation is 1. The van der Waals surface area contributed by atoms with Crippen LogP contribution in [0.2, 0.25) is 0 Å². The number of nitrogens with zero attached hydrogens (tertiary/aromatic N) is 3. The Balaban J connectivity index is 2.05. The Morgan fingerprint density at radius 3 is 2.80 bits per heavy atom. The van der Waals surface area contributed by atoms with E-state index < -0.39 is 10.0 Å². The Morgan fingerprint density at radius 1 is 1.45 bits per heavy atom. The first-order valence-corrected chi connectivity index (χ1v) is 8.98. The molecule has 1 fully saturated rings. The summed E-state index contributed by atoms with van der Waals surface area (Å²) in [5, 5.41) is 0. The van der Waals surface area contributed by atoms with Gasteiger partial charge in [-0.05, 0) is 32.1 Å². The predicted octanol–water partition coefficient (Wildman–Crippen LogP) is 2.03. The first kappa shape index (κ1) is 15.5. The Labute approximate surface area is 122 Å². The number of rotatable bonds is 6. The number of hydrogen-bond donors (Lipinski definition) is 0. The minimum Gasteiger partial charge on any atom is -0.334 e. The van der Waals surface area contributed by atoms with Gasteiger partial charge >= 0.3 is 0 Å². The van der Waals surface area contributed by atoms with Crippen molar-refractivity contribution in [1.82, 2.24) is 13.9 Å². The zero-order chi connectivity index (χ0) is 14.8. The van der Waals surface area contributed by atoms with Crippen LogP contribution in [0.15, 0.2) is 12.4 Å². The Morgan fingerprint density at radius 2 is 2.20 bits per heavy atom. The molecule has 0 radical (unpaired) electrons. The molecule has 2 heterocycles. The van der Waals surface area contributed by atoms with Gasteiger partial charge in [0, 0.05) is 31.5 Å². The van der Waals surface area contributed by atoms with Gasteiger partial charge in [-0.3, -0.25) is 0 Å². The standard InChI is InChI=1S/C14H25N3O2S/c1-12(2)6-10-20(18,19)17-8-4-5-14(17)11-16-9-7-15-13(16)3/h7,9,12,14H,4-6,8,10-11H2,1-3H3/t14-/m0/s1. The van der Waals surface area contributed by atoms with Crippen LogP contribution in [0.1, 0.15) is 38.9 Å². The number of sulfonamides is 1. The highest BCUT2D eigenvalue weighted by molar-refractivity contribution is 7.89. The fourth-order valence-corrected chi connectivity index (χ4v) is 4.72. The first-order valence-electron chi connectivity index (χ1n) is 7.37. The summed E-state index contributed by atoms with van der Waals surface area (Å²) in [5.74, 6) is 1.63. The van der Waals surface area contributed by atoms with E-state index in [1.807, 2.05) is 17.7 Å². The van der Waals surface area contributed by atoms with Crippen molar-refractivity contribution in [3.8, 4) is 0 Å². The molecule has 6 heteroatoms. The largest absolute Gasteiger partial charge is 0.334 e. The number of hydrogen-bond acceptors (Lipinski definition) is 3. The molecule has 1 aliphatic rings. The van der Waals surface area contributed by atoms with Crippen LogP contribution >= 0.6 is 0 Å². The Hall–Kier alpha value is -0.880. The van der Waals surface area contributed by atoms with Crippen molar-refractivity contribution in [2.24, 2.45) is 5.92 Å². The SMILES string of the molecule is Cc1nccn1C[C@@H]1CCCN1S(=O)(=O)CCC(C)C. The van der Waals surface area contributed by atoms with E-state index >= 15 is 0 Å². The maximum Gasteiger partial charge on any atom is 0.214 e. The van der Waals surface area contributed by atoms with Crippen LogP contribution in [-0.4, -0.2) is 40.6 Å². The van der Waals surface area contributed by atoms with Crippen molar-refractivity contribution in [2.45, 2.75) is 52.6 Å². The molecule has 0 N–H and O–H groups in total. The minimum absolute atomic E-state index is 0.0834. The molecule has 0 saturated carbocycles. The molecular formula is C14H25N3O2S. The third-order valence-electron chi connectivity index (χ3n) is 3.96. The maximum absolute atomic E-state index is 12.5. The van der Waals surface area contributed by atoms with Crippen LogP contribution in [0.25, 0.3) is 0 Å². The van der Waals surface area contributed by atoms with Gasteiger partial charge in [-0.15, -0.1) is 0 Å². The van der Waals surface area contributed by atoms with Crippen LogP contribution in [-0.2, 0) is 16.6 Å². The highest BCUT2D eigenvalue weighted by Gasteiger charge is 2.34. The summed E-state index contributed by atoms with van der Waals surface area (Å²) in [7, 11) is -3.12. The molecular weight excluding hydrogens is 274 g/mol. The lowest BCUT2D eigenvalue weighted by molar-refractivity contribution is 0.348. The lowest BCUT2D eigenvalue weighted by Crippen LogP contribution is -2.39. The Bertz CT molecular complexity index is 536. The fraction of sp³-hybridized carbons (Fsp3) is 0.786. The van der Waals surface area contributed by atoms with E-state index in [1.165, 1.54) is 0 Å². The summed E-state index contributed by atoms with van der Waals surface area (Å²) < 4.78 is 28.7. The van der Waals surface area contributed by atoms with E-state index in [9.17, 15) is 8.42 Å². The third-order valence-corrected chi connectivity index (χ3v) is 5.91. The molecule has 5 nitrogen and oxygen atoms in total. The third kappa shape index (κ3) is 3.61. The smallest absolute Gasteiger partial charge is 0.214 e. The van der Waals surface area contributed by atoms with Crippen molar-refractivity contribution in [3.05, 3.63) is 18.2 Å². The molecule has 1 aromatic rings. The van der Waals surface area contributed by atoms with Gasteiger partial charge in [-0.2, -0.15) is 4.31 Å². The van der Waals surface area contributed by atoms with Crippen molar-refractivity contribution >= 4 is 10.0 Å². The van der Waals surface area contributed by atoms with E-state index in [0.29, 0.717) is 19.0 Å². The van der Waals surface area contributed by atoms with Crippen molar-refractivity contribution in [1.29, 1.82) is 0 Å². The van der Waals surface area contributed by atoms with Gasteiger partial charge in [0.1, 0.15) is 5.82 Å². The lowest BCUT2D eigenvalue weighted by Gasteiger charge is -2.25. The van der Waals surface area contributed by atoms with Gasteiger partial charge in [0.05, 0.1) is 5.75 Å². The predicted molar refractivity (Wildman–Crippen MR) is 79.9 cm³/mol. The van der Waals surface area contributed by atoms with Crippen molar-refractivity contribution < 1.29 is 8.42 Å². The van der Waals surface area contributed by atoms with Crippen molar-refractivity contribution in [2.75, 3.05) is 12.3 Å². The second-order valence-electron chi connectivity index (χ2n) is 6.03. The van der Waals surface area contributed by atoms with Gasteiger partial charge in [-0.1, -0.05) is 13.8 Å². The summed E-state index contributed by atoms with van der Waals surface area (Å²) in [6, 6.07) is 0.0834. The molecule has 1 atom stereocenters. The van der Waals surface area contributed by atoms with Gasteiger partial charge in [-0.25, -0.2) is 13.4 Å². The molecule has 1 saturated heterocycles. The highest BCUT2D eigenvalue weighted by atomic mass is 32.2. The van der Waals surface area contributed by atoms with Gasteiger partial charge in [0.15, 0.2) is 0 Å². The molecule has 0 aliphatic carbocycles. The van der Waals surface area contributed by atoms with Gasteiger partial charge in [0.2, 0.25) is 10.0 Å². The van der Waals surface area contributed by atoms with Crippen LogP contribution in [0.3, 0.4) is 0 Å². The molecule has 0 amide bonds. The molecule has 0 spiro atoms. The summed E-state index contributed by atoms with van der Waals surface area (Å²) in [5.41, 5.74) is 0. The minimum atomic E-state index is -3.12. The van der Waals surface area contributed by atoms with Crippen molar-refractivity contribution in [3.63, 3.8) is 0 Å². The molecule has 0 bridgehead atoms. The average Bonchev–Trinajstić information content (AvgIpc) is 2.98. The molecule has 0 aromatic carbocycles. The second kappa shape index (κ2) is 6.26. The summed E-state index contributed by atoms with van der Waals surface area (Å²) in [6.07, 6.45) is 6.32. The van der Waals surface area contributed by atoms with E-state index in [-0.39, 0.29) is 11.8 Å². The van der Waals surface area contributed by atoms with Crippen LogP contribution in [0.5, 0.6) is 0 Å². The summed E-state index contributed by atoms with van der Waals surface area (Å²) >= 11 is 0. The molecule has 0 unspecified atom stereocenters. The number of imidazole rings is 1. The fourth-order valence-electron chi connectivity index (χ4n) is 2.68. The molecule has 1 aliphatic heterocycles. The normalized spacial score (nSPS) is 20.9. The summed E-state index contributed by atoms with van der Waals surface area (Å²) in [4.78, 5) is 4.20. The van der Waals surface area contributed by atoms with Crippen LogP contribution in [0, 0.1) is 12.8 Å². The molecule has 2 rings (SSSR count). The number of aromatic nitrogens is 2. The maximum atomic E-state index is 12.5. The summed E-state index contributed by atoms with van der Waals surface area (Å²) in [6.45, 7) is 7.45. The van der Waals surface area contributed by atoms with Gasteiger partial charge in [0.25, 0.3) is 0 Å². The topological polar surface area (TPSA) is 55.2 Å². The zero-order valence-electron chi connectivity index (χ0n) is 12.6. The van der Waals surface area contributed by atoms with E-state index in [1.54, 1.807) is 10.5 Å². The second-order valence-corrected chi connectivity index (χ2v) is 8.07. The van der Waals surface area contributed by atoms with E-state index in [0.717, 1.165) is 25.1 Å². The van der Waals surface area contributed by atoms with E-state index in [4.69, 9.17) is 0 Å².